The van der Waals surface area contributed by atoms with E-state index in [0.29, 0.717) is 0 Å². The Morgan fingerprint density at radius 3 is 2.57 bits per heavy atom. The smallest absolute Gasteiger partial charge is 0.253 e. The van der Waals surface area contributed by atoms with Crippen LogP contribution in [0.15, 0.2) is 42.6 Å². The number of carbonyl (C=O) groups excluding carboxylic acids is 1. The maximum atomic E-state index is 12.3. The average molecular weight is 285 g/mol. The fourth-order valence-electron chi connectivity index (χ4n) is 2.33. The fraction of sp³-hybridized carbons (Fsp3) is 0.353. The van der Waals surface area contributed by atoms with Crippen molar-refractivity contribution in [3.8, 4) is 0 Å². The number of nitrogens with zero attached hydrogens (tertiary/aromatic N) is 2. The molecule has 0 fully saturated rings. The predicted molar refractivity (Wildman–Crippen MR) is 86.4 cm³/mol. The third-order valence-electron chi connectivity index (χ3n) is 3.69. The second-order valence-electron chi connectivity index (χ2n) is 5.02. The number of amides is 1. The lowest BCUT2D eigenvalue weighted by Gasteiger charge is -2.19. The molecule has 2 rings (SSSR count). The highest BCUT2D eigenvalue weighted by Crippen LogP contribution is 2.14. The van der Waals surface area contributed by atoms with E-state index in [4.69, 9.17) is 0 Å². The summed E-state index contributed by atoms with van der Waals surface area (Å²) < 4.78 is 2.08. The van der Waals surface area contributed by atoms with Crippen LogP contribution in [0.2, 0.25) is 0 Å². The highest BCUT2D eigenvalue weighted by Gasteiger charge is 2.12. The summed E-state index contributed by atoms with van der Waals surface area (Å²) >= 11 is 0. The molecule has 1 N–H and O–H groups in total. The van der Waals surface area contributed by atoms with Crippen molar-refractivity contribution in [1.82, 2.24) is 9.47 Å². The number of carbonyl (C=O) groups is 1. The molecule has 0 spiro atoms. The van der Waals surface area contributed by atoms with Crippen molar-refractivity contribution in [2.24, 2.45) is 7.05 Å². The van der Waals surface area contributed by atoms with Crippen molar-refractivity contribution in [2.75, 3.05) is 18.4 Å². The van der Waals surface area contributed by atoms with E-state index in [2.05, 4.69) is 16.0 Å². The molecule has 4 heteroatoms. The molecule has 112 valence electrons. The summed E-state index contributed by atoms with van der Waals surface area (Å²) in [5.41, 5.74) is 2.90. The van der Waals surface area contributed by atoms with E-state index in [1.54, 1.807) is 0 Å². The maximum absolute atomic E-state index is 12.3. The zero-order valence-electron chi connectivity index (χ0n) is 13.0. The number of rotatable bonds is 6. The van der Waals surface area contributed by atoms with E-state index in [9.17, 15) is 4.79 Å². The first kappa shape index (κ1) is 15.2. The van der Waals surface area contributed by atoms with Crippen LogP contribution in [0, 0.1) is 0 Å². The van der Waals surface area contributed by atoms with Crippen LogP contribution >= 0.6 is 0 Å². The summed E-state index contributed by atoms with van der Waals surface area (Å²) in [6.45, 7) is 6.21. The SMILES string of the molecule is CCN(CC)C(=O)c1cccc(NCc2cccn2C)c1. The molecule has 4 nitrogen and oxygen atoms in total. The van der Waals surface area contributed by atoms with Gasteiger partial charge >= 0.3 is 0 Å². The quantitative estimate of drug-likeness (QED) is 0.885. The largest absolute Gasteiger partial charge is 0.379 e. The second kappa shape index (κ2) is 6.97. The van der Waals surface area contributed by atoms with E-state index >= 15 is 0 Å². The Kier molecular flexibility index (Phi) is 5.04. The normalized spacial score (nSPS) is 10.4. The van der Waals surface area contributed by atoms with Crippen LogP contribution in [0.4, 0.5) is 5.69 Å². The monoisotopic (exact) mass is 285 g/mol. The van der Waals surface area contributed by atoms with Gasteiger partial charge < -0.3 is 14.8 Å². The van der Waals surface area contributed by atoms with Crippen molar-refractivity contribution < 1.29 is 4.79 Å². The zero-order chi connectivity index (χ0) is 15.2. The molecule has 0 aliphatic carbocycles. The van der Waals surface area contributed by atoms with Crippen molar-refractivity contribution >= 4 is 11.6 Å². The van der Waals surface area contributed by atoms with Gasteiger partial charge in [-0.15, -0.1) is 0 Å². The summed E-state index contributed by atoms with van der Waals surface area (Å²) in [5, 5.41) is 3.37. The molecular weight excluding hydrogens is 262 g/mol. The molecule has 21 heavy (non-hydrogen) atoms. The van der Waals surface area contributed by atoms with Crippen LogP contribution in [0.3, 0.4) is 0 Å². The molecule has 0 aliphatic heterocycles. The Balaban J connectivity index is 2.07. The second-order valence-corrected chi connectivity index (χ2v) is 5.02. The van der Waals surface area contributed by atoms with Crippen molar-refractivity contribution in [3.05, 3.63) is 53.9 Å². The number of aromatic nitrogens is 1. The Hall–Kier alpha value is -2.23. The molecule has 0 saturated carbocycles. The number of hydrogen-bond acceptors (Lipinski definition) is 2. The lowest BCUT2D eigenvalue weighted by atomic mass is 10.1. The Morgan fingerprint density at radius 1 is 1.19 bits per heavy atom. The Bertz CT molecular complexity index is 600. The van der Waals surface area contributed by atoms with Gasteiger partial charge in [0.15, 0.2) is 0 Å². The molecule has 1 heterocycles. The first-order valence-corrected chi connectivity index (χ1v) is 7.39. The molecule has 0 atom stereocenters. The van der Waals surface area contributed by atoms with E-state index in [-0.39, 0.29) is 5.91 Å². The molecule has 0 aliphatic rings. The molecule has 1 aromatic carbocycles. The lowest BCUT2D eigenvalue weighted by molar-refractivity contribution is 0.0773. The molecule has 0 saturated heterocycles. The summed E-state index contributed by atoms with van der Waals surface area (Å²) in [6, 6.07) is 11.8. The highest BCUT2D eigenvalue weighted by molar-refractivity contribution is 5.95. The van der Waals surface area contributed by atoms with Crippen LogP contribution in [0.5, 0.6) is 0 Å². The van der Waals surface area contributed by atoms with Gasteiger partial charge in [-0.1, -0.05) is 6.07 Å². The number of anilines is 1. The van der Waals surface area contributed by atoms with Crippen LogP contribution < -0.4 is 5.32 Å². The Labute approximate surface area is 126 Å². The first-order chi connectivity index (χ1) is 10.2. The first-order valence-electron chi connectivity index (χ1n) is 7.39. The minimum atomic E-state index is 0.0857. The summed E-state index contributed by atoms with van der Waals surface area (Å²) in [6.07, 6.45) is 2.03. The van der Waals surface area contributed by atoms with E-state index in [1.807, 2.05) is 62.3 Å². The van der Waals surface area contributed by atoms with E-state index in [0.717, 1.165) is 30.9 Å². The maximum Gasteiger partial charge on any atom is 0.253 e. The third-order valence-corrected chi connectivity index (χ3v) is 3.69. The molecule has 0 radical (unpaired) electrons. The topological polar surface area (TPSA) is 37.3 Å². The minimum absolute atomic E-state index is 0.0857. The van der Waals surface area contributed by atoms with Gasteiger partial charge in [0.25, 0.3) is 5.91 Å². The molecule has 2 aromatic rings. The van der Waals surface area contributed by atoms with Gasteiger partial charge in [-0.3, -0.25) is 4.79 Å². The van der Waals surface area contributed by atoms with Crippen molar-refractivity contribution in [2.45, 2.75) is 20.4 Å². The lowest BCUT2D eigenvalue weighted by Crippen LogP contribution is -2.30. The van der Waals surface area contributed by atoms with Gasteiger partial charge in [-0.25, -0.2) is 0 Å². The highest BCUT2D eigenvalue weighted by atomic mass is 16.2. The standard InChI is InChI=1S/C17H23N3O/c1-4-20(5-2)17(21)14-8-6-9-15(12-14)18-13-16-10-7-11-19(16)3/h6-12,18H,4-5,13H2,1-3H3. The minimum Gasteiger partial charge on any atom is -0.379 e. The summed E-state index contributed by atoms with van der Waals surface area (Å²) in [5.74, 6) is 0.0857. The molecule has 0 unspecified atom stereocenters. The van der Waals surface area contributed by atoms with Gasteiger partial charge in [0, 0.05) is 43.3 Å². The zero-order valence-corrected chi connectivity index (χ0v) is 13.0. The molecular formula is C17H23N3O. The fourth-order valence-corrected chi connectivity index (χ4v) is 2.33. The van der Waals surface area contributed by atoms with Crippen molar-refractivity contribution in [3.63, 3.8) is 0 Å². The van der Waals surface area contributed by atoms with Crippen LogP contribution in [0.1, 0.15) is 29.9 Å². The van der Waals surface area contributed by atoms with Gasteiger partial charge in [0.2, 0.25) is 0 Å². The number of benzene rings is 1. The number of nitrogens with one attached hydrogen (secondary N) is 1. The van der Waals surface area contributed by atoms with Gasteiger partial charge in [-0.05, 0) is 44.2 Å². The van der Waals surface area contributed by atoms with Crippen molar-refractivity contribution in [1.29, 1.82) is 0 Å². The van der Waals surface area contributed by atoms with Gasteiger partial charge in [0.05, 0.1) is 6.54 Å². The third kappa shape index (κ3) is 3.66. The van der Waals surface area contributed by atoms with Gasteiger partial charge in [0.1, 0.15) is 0 Å². The van der Waals surface area contributed by atoms with E-state index in [1.165, 1.54) is 5.69 Å². The van der Waals surface area contributed by atoms with Crippen LogP contribution in [0.25, 0.3) is 0 Å². The summed E-state index contributed by atoms with van der Waals surface area (Å²) in [4.78, 5) is 14.2. The molecule has 0 bridgehead atoms. The number of aryl methyl sites for hydroxylation is 1. The van der Waals surface area contributed by atoms with Crippen LogP contribution in [-0.4, -0.2) is 28.5 Å². The van der Waals surface area contributed by atoms with Gasteiger partial charge in [-0.2, -0.15) is 0 Å². The van der Waals surface area contributed by atoms with E-state index < -0.39 is 0 Å². The molecule has 1 aromatic heterocycles. The average Bonchev–Trinajstić information content (AvgIpc) is 2.92. The Morgan fingerprint density at radius 2 is 1.95 bits per heavy atom. The summed E-state index contributed by atoms with van der Waals surface area (Å²) in [7, 11) is 2.03. The predicted octanol–water partition coefficient (Wildman–Crippen LogP) is 3.12. The van der Waals surface area contributed by atoms with Crippen LogP contribution in [-0.2, 0) is 13.6 Å². The number of hydrogen-bond donors (Lipinski definition) is 1. The molecule has 1 amide bonds.